The van der Waals surface area contributed by atoms with Gasteiger partial charge in [-0.1, -0.05) is 26.0 Å². The molecule has 1 atom stereocenters. The first-order valence-electron chi connectivity index (χ1n) is 5.97. The predicted octanol–water partition coefficient (Wildman–Crippen LogP) is 3.09. The number of benzene rings is 1. The summed E-state index contributed by atoms with van der Waals surface area (Å²) in [5.74, 6) is -0.320. The lowest BCUT2D eigenvalue weighted by atomic mass is 9.87. The van der Waals surface area contributed by atoms with Gasteiger partial charge in [-0.2, -0.15) is 0 Å². The molecule has 1 unspecified atom stereocenters. The highest BCUT2D eigenvalue weighted by atomic mass is 19.1. The predicted molar refractivity (Wildman–Crippen MR) is 67.3 cm³/mol. The maximum atomic E-state index is 12.9. The number of nitrogens with one attached hydrogen (secondary N) is 1. The van der Waals surface area contributed by atoms with Gasteiger partial charge in [0.1, 0.15) is 5.82 Å². The van der Waals surface area contributed by atoms with Crippen LogP contribution in [-0.4, -0.2) is 11.9 Å². The zero-order valence-corrected chi connectivity index (χ0v) is 10.8. The van der Waals surface area contributed by atoms with Gasteiger partial charge < -0.3 is 5.32 Å². The van der Waals surface area contributed by atoms with Crippen molar-refractivity contribution < 1.29 is 9.18 Å². The average molecular weight is 237 g/mol. The molecule has 3 heteroatoms. The standard InChI is InChI=1S/C14H20FNO/c1-9(2)13(14(17)16-10(3)4)11-5-7-12(15)8-6-11/h5-10,13H,1-4H3,(H,16,17). The van der Waals surface area contributed by atoms with Gasteiger partial charge in [0.2, 0.25) is 5.91 Å². The third-order valence-electron chi connectivity index (χ3n) is 2.61. The van der Waals surface area contributed by atoms with Gasteiger partial charge in [-0.25, -0.2) is 4.39 Å². The molecule has 0 spiro atoms. The molecule has 0 fully saturated rings. The fourth-order valence-corrected chi connectivity index (χ4v) is 1.88. The molecule has 1 amide bonds. The van der Waals surface area contributed by atoms with Crippen LogP contribution in [0.25, 0.3) is 0 Å². The minimum atomic E-state index is -0.277. The van der Waals surface area contributed by atoms with Crippen LogP contribution in [-0.2, 0) is 4.79 Å². The summed E-state index contributed by atoms with van der Waals surface area (Å²) in [7, 11) is 0. The molecular weight excluding hydrogens is 217 g/mol. The van der Waals surface area contributed by atoms with E-state index in [9.17, 15) is 9.18 Å². The molecule has 0 saturated carbocycles. The molecule has 0 aliphatic rings. The third-order valence-corrected chi connectivity index (χ3v) is 2.61. The van der Waals surface area contributed by atoms with Crippen LogP contribution in [0.5, 0.6) is 0 Å². The van der Waals surface area contributed by atoms with Crippen molar-refractivity contribution >= 4 is 5.91 Å². The summed E-state index contributed by atoms with van der Waals surface area (Å²) < 4.78 is 12.9. The Kier molecular flexibility index (Phi) is 4.67. The van der Waals surface area contributed by atoms with Crippen molar-refractivity contribution in [3.63, 3.8) is 0 Å². The van der Waals surface area contributed by atoms with E-state index in [1.165, 1.54) is 12.1 Å². The largest absolute Gasteiger partial charge is 0.353 e. The molecule has 0 heterocycles. The lowest BCUT2D eigenvalue weighted by Crippen LogP contribution is -2.36. The SMILES string of the molecule is CC(C)NC(=O)C(c1ccc(F)cc1)C(C)C. The Morgan fingerprint density at radius 2 is 1.65 bits per heavy atom. The zero-order chi connectivity index (χ0) is 13.0. The molecule has 1 N–H and O–H groups in total. The molecule has 0 saturated heterocycles. The maximum absolute atomic E-state index is 12.9. The number of hydrogen-bond donors (Lipinski definition) is 1. The molecule has 0 radical (unpaired) electrons. The number of carbonyl (C=O) groups is 1. The molecular formula is C14H20FNO. The van der Waals surface area contributed by atoms with Crippen LogP contribution in [0.4, 0.5) is 4.39 Å². The molecule has 2 nitrogen and oxygen atoms in total. The van der Waals surface area contributed by atoms with Crippen molar-refractivity contribution in [2.45, 2.75) is 39.7 Å². The van der Waals surface area contributed by atoms with Gasteiger partial charge in [-0.15, -0.1) is 0 Å². The van der Waals surface area contributed by atoms with E-state index in [-0.39, 0.29) is 29.6 Å². The number of hydrogen-bond acceptors (Lipinski definition) is 1. The molecule has 94 valence electrons. The van der Waals surface area contributed by atoms with Crippen LogP contribution in [0.2, 0.25) is 0 Å². The van der Waals surface area contributed by atoms with Crippen LogP contribution >= 0.6 is 0 Å². The summed E-state index contributed by atoms with van der Waals surface area (Å²) in [6.45, 7) is 7.85. The second-order valence-electron chi connectivity index (χ2n) is 4.94. The number of amides is 1. The molecule has 17 heavy (non-hydrogen) atoms. The van der Waals surface area contributed by atoms with E-state index in [1.807, 2.05) is 27.7 Å². The lowest BCUT2D eigenvalue weighted by molar-refractivity contribution is -0.124. The zero-order valence-electron chi connectivity index (χ0n) is 10.8. The van der Waals surface area contributed by atoms with Crippen LogP contribution < -0.4 is 5.32 Å². The van der Waals surface area contributed by atoms with Gasteiger partial charge in [0.05, 0.1) is 5.92 Å². The topological polar surface area (TPSA) is 29.1 Å². The third kappa shape index (κ3) is 3.84. The second kappa shape index (κ2) is 5.80. The van der Waals surface area contributed by atoms with Crippen molar-refractivity contribution in [3.05, 3.63) is 35.6 Å². The fraction of sp³-hybridized carbons (Fsp3) is 0.500. The Morgan fingerprint density at radius 3 is 2.06 bits per heavy atom. The first-order chi connectivity index (χ1) is 7.91. The van der Waals surface area contributed by atoms with E-state index in [0.717, 1.165) is 5.56 Å². The average Bonchev–Trinajstić information content (AvgIpc) is 2.19. The van der Waals surface area contributed by atoms with Crippen molar-refractivity contribution in [2.75, 3.05) is 0 Å². The molecule has 0 aliphatic heterocycles. The summed E-state index contributed by atoms with van der Waals surface area (Å²) in [4.78, 5) is 12.1. The van der Waals surface area contributed by atoms with Crippen molar-refractivity contribution in [2.24, 2.45) is 5.92 Å². The van der Waals surface area contributed by atoms with Gasteiger partial charge in [-0.05, 0) is 37.5 Å². The summed E-state index contributed by atoms with van der Waals surface area (Å²) >= 11 is 0. The van der Waals surface area contributed by atoms with Gasteiger partial charge in [0, 0.05) is 6.04 Å². The van der Waals surface area contributed by atoms with Crippen molar-refractivity contribution in [1.82, 2.24) is 5.32 Å². The molecule has 0 aromatic heterocycles. The quantitative estimate of drug-likeness (QED) is 0.856. The smallest absolute Gasteiger partial charge is 0.227 e. The van der Waals surface area contributed by atoms with Gasteiger partial charge in [-0.3, -0.25) is 4.79 Å². The first-order valence-corrected chi connectivity index (χ1v) is 5.97. The van der Waals surface area contributed by atoms with Crippen LogP contribution in [0, 0.1) is 11.7 Å². The van der Waals surface area contributed by atoms with Gasteiger partial charge >= 0.3 is 0 Å². The monoisotopic (exact) mass is 237 g/mol. The number of rotatable bonds is 4. The van der Waals surface area contributed by atoms with E-state index >= 15 is 0 Å². The van der Waals surface area contributed by atoms with Crippen LogP contribution in [0.15, 0.2) is 24.3 Å². The Labute approximate surface area is 102 Å². The minimum Gasteiger partial charge on any atom is -0.353 e. The van der Waals surface area contributed by atoms with E-state index in [2.05, 4.69) is 5.32 Å². The van der Waals surface area contributed by atoms with E-state index in [4.69, 9.17) is 0 Å². The normalized spacial score (nSPS) is 12.9. The minimum absolute atomic E-state index is 0.00149. The molecule has 1 rings (SSSR count). The highest BCUT2D eigenvalue weighted by Crippen LogP contribution is 2.25. The fourth-order valence-electron chi connectivity index (χ4n) is 1.88. The molecule has 0 aliphatic carbocycles. The van der Waals surface area contributed by atoms with Crippen LogP contribution in [0.1, 0.15) is 39.2 Å². The molecule has 1 aromatic rings. The Balaban J connectivity index is 2.93. The summed E-state index contributed by atoms with van der Waals surface area (Å²) in [5, 5.41) is 2.90. The molecule has 1 aromatic carbocycles. The Bertz CT molecular complexity index is 370. The van der Waals surface area contributed by atoms with Gasteiger partial charge in [0.25, 0.3) is 0 Å². The second-order valence-corrected chi connectivity index (χ2v) is 4.94. The van der Waals surface area contributed by atoms with Crippen LogP contribution in [0.3, 0.4) is 0 Å². The van der Waals surface area contributed by atoms with Crippen molar-refractivity contribution in [1.29, 1.82) is 0 Å². The van der Waals surface area contributed by atoms with E-state index in [0.29, 0.717) is 0 Å². The Hall–Kier alpha value is -1.38. The lowest BCUT2D eigenvalue weighted by Gasteiger charge is -2.22. The number of halogens is 1. The van der Waals surface area contributed by atoms with Gasteiger partial charge in [0.15, 0.2) is 0 Å². The van der Waals surface area contributed by atoms with E-state index < -0.39 is 0 Å². The highest BCUT2D eigenvalue weighted by Gasteiger charge is 2.24. The summed E-state index contributed by atoms with van der Waals surface area (Å²) in [5.41, 5.74) is 0.861. The highest BCUT2D eigenvalue weighted by molar-refractivity contribution is 5.84. The Morgan fingerprint density at radius 1 is 1.12 bits per heavy atom. The summed E-state index contributed by atoms with van der Waals surface area (Å²) in [6, 6.07) is 6.27. The van der Waals surface area contributed by atoms with E-state index in [1.54, 1.807) is 12.1 Å². The first kappa shape index (κ1) is 13.7. The maximum Gasteiger partial charge on any atom is 0.227 e. The molecule has 0 bridgehead atoms. The van der Waals surface area contributed by atoms with Crippen molar-refractivity contribution in [3.8, 4) is 0 Å². The summed E-state index contributed by atoms with van der Waals surface area (Å²) in [6.07, 6.45) is 0. The number of carbonyl (C=O) groups excluding carboxylic acids is 1.